The minimum atomic E-state index is -4.62. The molecule has 2 aromatic carbocycles. The van der Waals surface area contributed by atoms with E-state index < -0.39 is 23.7 Å². The number of hydrogen-bond acceptors (Lipinski definition) is 5. The third kappa shape index (κ3) is 5.20. The third-order valence-electron chi connectivity index (χ3n) is 6.00. The van der Waals surface area contributed by atoms with Crippen LogP contribution in [-0.4, -0.2) is 54.2 Å². The second kappa shape index (κ2) is 10.2. The number of alkyl halides is 3. The molecule has 1 saturated heterocycles. The SMILES string of the molecule is CN(CCc1ccccc1)c1ccnnc1C1CNCCN1C(=O)c1ccccc1C(F)(F)F. The van der Waals surface area contributed by atoms with Crippen LogP contribution in [0.3, 0.4) is 0 Å². The van der Waals surface area contributed by atoms with Gasteiger partial charge in [0, 0.05) is 33.2 Å². The Morgan fingerprint density at radius 3 is 2.62 bits per heavy atom. The molecule has 1 amide bonds. The van der Waals surface area contributed by atoms with Gasteiger partial charge in [0.25, 0.3) is 5.91 Å². The molecule has 0 bridgehead atoms. The summed E-state index contributed by atoms with van der Waals surface area (Å²) in [4.78, 5) is 16.9. The number of rotatable bonds is 6. The van der Waals surface area contributed by atoms with Crippen molar-refractivity contribution in [2.75, 3.05) is 38.1 Å². The Morgan fingerprint density at radius 1 is 1.12 bits per heavy atom. The summed E-state index contributed by atoms with van der Waals surface area (Å²) in [6, 6.07) is 16.3. The molecule has 1 N–H and O–H groups in total. The number of carbonyl (C=O) groups is 1. The van der Waals surface area contributed by atoms with Gasteiger partial charge < -0.3 is 15.1 Å². The van der Waals surface area contributed by atoms with Crippen molar-refractivity contribution in [2.24, 2.45) is 0 Å². The first-order valence-electron chi connectivity index (χ1n) is 11.1. The van der Waals surface area contributed by atoms with Crippen molar-refractivity contribution in [1.82, 2.24) is 20.4 Å². The highest BCUT2D eigenvalue weighted by atomic mass is 19.4. The summed E-state index contributed by atoms with van der Waals surface area (Å²) in [6.07, 6.45) is -2.23. The highest BCUT2D eigenvalue weighted by Crippen LogP contribution is 2.35. The van der Waals surface area contributed by atoms with E-state index in [1.54, 1.807) is 6.20 Å². The lowest BCUT2D eigenvalue weighted by Crippen LogP contribution is -2.49. The van der Waals surface area contributed by atoms with Gasteiger partial charge in [-0.15, -0.1) is 0 Å². The maximum atomic E-state index is 13.6. The predicted octanol–water partition coefficient (Wildman–Crippen LogP) is 3.96. The maximum Gasteiger partial charge on any atom is 0.417 e. The van der Waals surface area contributed by atoms with Gasteiger partial charge in [-0.05, 0) is 30.2 Å². The van der Waals surface area contributed by atoms with Crippen LogP contribution in [-0.2, 0) is 12.6 Å². The Hall–Kier alpha value is -3.46. The van der Waals surface area contributed by atoms with Crippen LogP contribution in [0.2, 0.25) is 0 Å². The van der Waals surface area contributed by atoms with Gasteiger partial charge in [-0.2, -0.15) is 23.4 Å². The third-order valence-corrected chi connectivity index (χ3v) is 6.00. The molecule has 1 atom stereocenters. The van der Waals surface area contributed by atoms with E-state index in [0.29, 0.717) is 25.3 Å². The van der Waals surface area contributed by atoms with Crippen LogP contribution in [0.15, 0.2) is 66.9 Å². The zero-order valence-corrected chi connectivity index (χ0v) is 18.8. The Morgan fingerprint density at radius 2 is 1.85 bits per heavy atom. The molecule has 1 aromatic heterocycles. The summed E-state index contributed by atoms with van der Waals surface area (Å²) < 4.78 is 40.7. The largest absolute Gasteiger partial charge is 0.417 e. The fourth-order valence-corrected chi connectivity index (χ4v) is 4.22. The Labute approximate surface area is 196 Å². The second-order valence-corrected chi connectivity index (χ2v) is 8.22. The van der Waals surface area contributed by atoms with Crippen molar-refractivity contribution in [3.8, 4) is 0 Å². The number of benzene rings is 2. The van der Waals surface area contributed by atoms with Crippen LogP contribution in [0, 0.1) is 0 Å². The predicted molar refractivity (Wildman–Crippen MR) is 124 cm³/mol. The van der Waals surface area contributed by atoms with Crippen LogP contribution in [0.1, 0.15) is 33.2 Å². The van der Waals surface area contributed by atoms with Gasteiger partial charge >= 0.3 is 6.18 Å². The fourth-order valence-electron chi connectivity index (χ4n) is 4.22. The molecule has 9 heteroatoms. The molecule has 0 radical (unpaired) electrons. The van der Waals surface area contributed by atoms with Gasteiger partial charge in [0.2, 0.25) is 0 Å². The zero-order chi connectivity index (χ0) is 24.1. The van der Waals surface area contributed by atoms with E-state index in [-0.39, 0.29) is 12.1 Å². The molecule has 1 aliphatic heterocycles. The van der Waals surface area contributed by atoms with Crippen LogP contribution >= 0.6 is 0 Å². The standard InChI is InChI=1S/C25H26F3N5O/c1-32(15-12-18-7-3-2-4-8-18)21-11-13-30-31-23(21)22-17-29-14-16-33(22)24(34)19-9-5-6-10-20(19)25(26,27)28/h2-11,13,22,29H,12,14-17H2,1H3. The lowest BCUT2D eigenvalue weighted by molar-refractivity contribution is -0.138. The van der Waals surface area contributed by atoms with E-state index in [4.69, 9.17) is 0 Å². The van der Waals surface area contributed by atoms with Crippen molar-refractivity contribution in [3.63, 3.8) is 0 Å². The van der Waals surface area contributed by atoms with Crippen LogP contribution in [0.4, 0.5) is 18.9 Å². The molecule has 4 rings (SSSR count). The molecule has 178 valence electrons. The lowest BCUT2D eigenvalue weighted by Gasteiger charge is -2.37. The first-order chi connectivity index (χ1) is 16.4. The topological polar surface area (TPSA) is 61.4 Å². The molecule has 0 spiro atoms. The Balaban J connectivity index is 1.62. The normalized spacial score (nSPS) is 16.4. The number of carbonyl (C=O) groups excluding carboxylic acids is 1. The number of nitrogens with zero attached hydrogens (tertiary/aromatic N) is 4. The van der Waals surface area contributed by atoms with Gasteiger partial charge in [0.1, 0.15) is 5.69 Å². The minimum absolute atomic E-state index is 0.263. The van der Waals surface area contributed by atoms with Gasteiger partial charge in [-0.3, -0.25) is 4.79 Å². The number of nitrogens with one attached hydrogen (secondary N) is 1. The minimum Gasteiger partial charge on any atom is -0.373 e. The maximum absolute atomic E-state index is 13.6. The summed E-state index contributed by atoms with van der Waals surface area (Å²) in [5.74, 6) is -0.664. The van der Waals surface area contributed by atoms with Crippen molar-refractivity contribution in [3.05, 3.63) is 89.2 Å². The average Bonchev–Trinajstić information content (AvgIpc) is 2.87. The monoisotopic (exact) mass is 469 g/mol. The van der Waals surface area contributed by atoms with E-state index in [1.807, 2.05) is 36.2 Å². The second-order valence-electron chi connectivity index (χ2n) is 8.22. The van der Waals surface area contributed by atoms with Crippen molar-refractivity contribution in [2.45, 2.75) is 18.6 Å². The number of halogens is 3. The summed E-state index contributed by atoms with van der Waals surface area (Å²) >= 11 is 0. The van der Waals surface area contributed by atoms with Gasteiger partial charge in [0.05, 0.1) is 29.1 Å². The first kappa shape index (κ1) is 23.7. The number of hydrogen-bond donors (Lipinski definition) is 1. The van der Waals surface area contributed by atoms with E-state index in [9.17, 15) is 18.0 Å². The molecule has 3 aromatic rings. The Kier molecular flexibility index (Phi) is 7.12. The quantitative estimate of drug-likeness (QED) is 0.592. The molecule has 2 heterocycles. The number of piperazine rings is 1. The highest BCUT2D eigenvalue weighted by molar-refractivity contribution is 5.96. The molecule has 0 saturated carbocycles. The zero-order valence-electron chi connectivity index (χ0n) is 18.8. The average molecular weight is 470 g/mol. The summed E-state index contributed by atoms with van der Waals surface area (Å²) in [5.41, 5.74) is 1.25. The summed E-state index contributed by atoms with van der Waals surface area (Å²) in [5, 5.41) is 11.6. The lowest BCUT2D eigenvalue weighted by atomic mass is 10.0. The molecule has 0 aliphatic carbocycles. The number of amides is 1. The van der Waals surface area contributed by atoms with Crippen LogP contribution < -0.4 is 10.2 Å². The van der Waals surface area contributed by atoms with E-state index in [0.717, 1.165) is 18.2 Å². The van der Waals surface area contributed by atoms with Crippen LogP contribution in [0.5, 0.6) is 0 Å². The summed E-state index contributed by atoms with van der Waals surface area (Å²) in [6.45, 7) is 1.82. The number of anilines is 1. The van der Waals surface area contributed by atoms with E-state index in [2.05, 4.69) is 27.6 Å². The number of aromatic nitrogens is 2. The summed E-state index contributed by atoms with van der Waals surface area (Å²) in [7, 11) is 1.94. The molecule has 6 nitrogen and oxygen atoms in total. The van der Waals surface area contributed by atoms with Gasteiger partial charge in [-0.25, -0.2) is 0 Å². The van der Waals surface area contributed by atoms with E-state index >= 15 is 0 Å². The molecule has 1 unspecified atom stereocenters. The van der Waals surface area contributed by atoms with Crippen molar-refractivity contribution < 1.29 is 18.0 Å². The smallest absolute Gasteiger partial charge is 0.373 e. The molecule has 34 heavy (non-hydrogen) atoms. The molecular formula is C25H26F3N5O. The first-order valence-corrected chi connectivity index (χ1v) is 11.1. The number of likely N-dealkylation sites (N-methyl/N-ethyl adjacent to an activating group) is 1. The molecule has 1 fully saturated rings. The highest BCUT2D eigenvalue weighted by Gasteiger charge is 2.38. The van der Waals surface area contributed by atoms with Gasteiger partial charge in [-0.1, -0.05) is 42.5 Å². The van der Waals surface area contributed by atoms with E-state index in [1.165, 1.54) is 28.7 Å². The van der Waals surface area contributed by atoms with Crippen molar-refractivity contribution in [1.29, 1.82) is 0 Å². The van der Waals surface area contributed by atoms with Crippen LogP contribution in [0.25, 0.3) is 0 Å². The molecular weight excluding hydrogens is 443 g/mol. The fraction of sp³-hybridized carbons (Fsp3) is 0.320. The molecule has 1 aliphatic rings. The van der Waals surface area contributed by atoms with Gasteiger partial charge in [0.15, 0.2) is 0 Å². The van der Waals surface area contributed by atoms with Crippen molar-refractivity contribution >= 4 is 11.6 Å². The Bertz CT molecular complexity index is 1120.